The Morgan fingerprint density at radius 1 is 0.946 bits per heavy atom. The monoisotopic (exact) mass is 584 g/mol. The molecule has 1 heterocycles. The molecule has 1 saturated heterocycles. The molecule has 1 unspecified atom stereocenters. The smallest absolute Gasteiger partial charge is 0.226 e. The topological polar surface area (TPSA) is 70.8 Å². The Balaban J connectivity index is 0.00000241. The number of hydrogen-bond acceptors (Lipinski definition) is 5. The summed E-state index contributed by atoms with van der Waals surface area (Å²) in [7, 11) is 0. The molecule has 1 aliphatic heterocycles. The summed E-state index contributed by atoms with van der Waals surface area (Å²) in [5, 5.41) is 4.57. The summed E-state index contributed by atoms with van der Waals surface area (Å²) < 4.78 is 5.75. The number of nitrogens with zero attached hydrogens (tertiary/aromatic N) is 2. The van der Waals surface area contributed by atoms with E-state index >= 15 is 0 Å². The molecule has 3 aromatic carbocycles. The van der Waals surface area contributed by atoms with Gasteiger partial charge in [0.25, 0.3) is 0 Å². The number of anilines is 2. The highest BCUT2D eigenvalue weighted by Crippen LogP contribution is 2.26. The van der Waals surface area contributed by atoms with Gasteiger partial charge in [-0.1, -0.05) is 71.7 Å². The molecule has 6 nitrogen and oxygen atoms in total. The number of piperazine rings is 1. The number of rotatable bonds is 9. The molecule has 10 heteroatoms. The predicted molar refractivity (Wildman–Crippen MR) is 157 cm³/mol. The fraction of sp³-hybridized carbons (Fsp3) is 0.296. The first-order chi connectivity index (χ1) is 17.0. The van der Waals surface area contributed by atoms with Crippen molar-refractivity contribution in [2.45, 2.75) is 25.7 Å². The average Bonchev–Trinajstić information content (AvgIpc) is 2.88. The van der Waals surface area contributed by atoms with E-state index in [1.807, 2.05) is 53.4 Å². The number of halogens is 4. The van der Waals surface area contributed by atoms with Crippen LogP contribution >= 0.6 is 48.0 Å². The summed E-state index contributed by atoms with van der Waals surface area (Å²) in [6.07, 6.45) is 0.157. The highest BCUT2D eigenvalue weighted by Gasteiger charge is 2.30. The molecule has 0 spiro atoms. The molecule has 1 amide bonds. The highest BCUT2D eigenvalue weighted by atomic mass is 35.5. The quantitative estimate of drug-likeness (QED) is 0.246. The summed E-state index contributed by atoms with van der Waals surface area (Å²) in [4.78, 5) is 17.3. The Morgan fingerprint density at radius 2 is 1.68 bits per heavy atom. The Bertz CT molecular complexity index is 1140. The van der Waals surface area contributed by atoms with Crippen LogP contribution in [0.15, 0.2) is 72.8 Å². The van der Waals surface area contributed by atoms with Gasteiger partial charge in [0.05, 0.1) is 47.6 Å². The van der Waals surface area contributed by atoms with Gasteiger partial charge in [-0.05, 0) is 35.4 Å². The molecular formula is C27H32Cl4N4O2. The first kappa shape index (κ1) is 31.0. The number of ether oxygens (including phenoxy) is 1. The molecule has 1 atom stereocenters. The summed E-state index contributed by atoms with van der Waals surface area (Å²) in [6, 6.07) is 23.4. The Morgan fingerprint density at radius 3 is 2.41 bits per heavy atom. The minimum absolute atomic E-state index is 0. The Kier molecular flexibility index (Phi) is 12.8. The van der Waals surface area contributed by atoms with Crippen LogP contribution in [0.3, 0.4) is 0 Å². The van der Waals surface area contributed by atoms with Gasteiger partial charge in [0.1, 0.15) is 6.17 Å². The molecule has 0 aromatic heterocycles. The van der Waals surface area contributed by atoms with E-state index in [4.69, 9.17) is 33.7 Å². The van der Waals surface area contributed by atoms with Gasteiger partial charge in [-0.15, -0.1) is 24.8 Å². The minimum atomic E-state index is -0.147. The summed E-state index contributed by atoms with van der Waals surface area (Å²) in [6.45, 7) is 3.34. The van der Waals surface area contributed by atoms with Crippen molar-refractivity contribution in [1.29, 1.82) is 0 Å². The molecule has 3 N–H and O–H groups in total. The van der Waals surface area contributed by atoms with Gasteiger partial charge in [-0.3, -0.25) is 10.1 Å². The van der Waals surface area contributed by atoms with Crippen molar-refractivity contribution in [2.24, 2.45) is 0 Å². The largest absolute Gasteiger partial charge is 0.397 e. The second kappa shape index (κ2) is 15.3. The van der Waals surface area contributed by atoms with E-state index in [9.17, 15) is 4.79 Å². The fourth-order valence-corrected chi connectivity index (χ4v) is 4.53. The highest BCUT2D eigenvalue weighted by molar-refractivity contribution is 6.42. The van der Waals surface area contributed by atoms with Crippen molar-refractivity contribution in [1.82, 2.24) is 10.2 Å². The van der Waals surface area contributed by atoms with E-state index in [2.05, 4.69) is 22.3 Å². The Labute approximate surface area is 240 Å². The van der Waals surface area contributed by atoms with E-state index in [0.717, 1.165) is 16.9 Å². The second-order valence-corrected chi connectivity index (χ2v) is 9.34. The number of para-hydroxylation sites is 2. The normalized spacial score (nSPS) is 15.0. The lowest BCUT2D eigenvalue weighted by molar-refractivity contribution is -0.136. The minimum Gasteiger partial charge on any atom is -0.397 e. The van der Waals surface area contributed by atoms with E-state index in [1.165, 1.54) is 5.56 Å². The Hall–Kier alpha value is -2.19. The fourth-order valence-electron chi connectivity index (χ4n) is 4.20. The number of amides is 1. The first-order valence-corrected chi connectivity index (χ1v) is 12.4. The lowest BCUT2D eigenvalue weighted by Gasteiger charge is -2.43. The zero-order valence-corrected chi connectivity index (χ0v) is 23.5. The van der Waals surface area contributed by atoms with E-state index in [1.54, 1.807) is 12.1 Å². The lowest BCUT2D eigenvalue weighted by atomic mass is 10.1. The number of hydrogen-bond donors (Lipinski definition) is 2. The summed E-state index contributed by atoms with van der Waals surface area (Å²) in [5.41, 5.74) is 10.1. The van der Waals surface area contributed by atoms with Gasteiger partial charge in [0, 0.05) is 19.6 Å². The van der Waals surface area contributed by atoms with Crippen LogP contribution in [0, 0.1) is 0 Å². The molecule has 37 heavy (non-hydrogen) atoms. The van der Waals surface area contributed by atoms with Crippen LogP contribution in [-0.4, -0.2) is 43.2 Å². The average molecular weight is 586 g/mol. The van der Waals surface area contributed by atoms with Gasteiger partial charge in [0.2, 0.25) is 5.91 Å². The van der Waals surface area contributed by atoms with Gasteiger partial charge >= 0.3 is 0 Å². The maximum absolute atomic E-state index is 13.2. The molecule has 0 bridgehead atoms. The molecule has 3 aromatic rings. The third kappa shape index (κ3) is 8.67. The molecule has 4 rings (SSSR count). The van der Waals surface area contributed by atoms with Crippen LogP contribution in [0.5, 0.6) is 0 Å². The number of carbonyl (C=O) groups excluding carboxylic acids is 1. The third-order valence-electron chi connectivity index (χ3n) is 6.08. The molecular weight excluding hydrogens is 554 g/mol. The first-order valence-electron chi connectivity index (χ1n) is 11.7. The molecule has 200 valence electrons. The standard InChI is InChI=1S/C27H30Cl2N4O2.2ClH/c28-22-11-10-21(16-23(22)29)19-35-15-12-27(34)33-14-13-32(25-9-5-4-8-24(25)30)18-26(33)31-17-20-6-2-1-3-7-20;;/h1-11,16,26,31H,12-15,17-19,30H2;2*1H. The zero-order chi connectivity index (χ0) is 24.6. The van der Waals surface area contributed by atoms with Crippen LogP contribution in [0.25, 0.3) is 0 Å². The van der Waals surface area contributed by atoms with Crippen molar-refractivity contribution in [3.05, 3.63) is 94.0 Å². The second-order valence-electron chi connectivity index (χ2n) is 8.53. The summed E-state index contributed by atoms with van der Waals surface area (Å²) in [5.74, 6) is 0.0605. The van der Waals surface area contributed by atoms with E-state index < -0.39 is 0 Å². The third-order valence-corrected chi connectivity index (χ3v) is 6.81. The lowest BCUT2D eigenvalue weighted by Crippen LogP contribution is -2.60. The number of benzene rings is 3. The van der Waals surface area contributed by atoms with Crippen molar-refractivity contribution in [3.8, 4) is 0 Å². The van der Waals surface area contributed by atoms with Gasteiger partial charge in [-0.2, -0.15) is 0 Å². The van der Waals surface area contributed by atoms with Gasteiger partial charge in [-0.25, -0.2) is 0 Å². The molecule has 0 radical (unpaired) electrons. The number of nitrogens with two attached hydrogens (primary N) is 1. The SMILES string of the molecule is Cl.Cl.Nc1ccccc1N1CCN(C(=O)CCOCc2ccc(Cl)c(Cl)c2)C(NCc2ccccc2)C1. The number of nitrogens with one attached hydrogen (secondary N) is 1. The summed E-state index contributed by atoms with van der Waals surface area (Å²) >= 11 is 12.0. The zero-order valence-electron chi connectivity index (χ0n) is 20.3. The van der Waals surface area contributed by atoms with Crippen LogP contribution < -0.4 is 16.0 Å². The maximum atomic E-state index is 13.2. The van der Waals surface area contributed by atoms with Crippen molar-refractivity contribution in [3.63, 3.8) is 0 Å². The molecule has 0 aliphatic carbocycles. The van der Waals surface area contributed by atoms with Crippen LogP contribution in [0.2, 0.25) is 10.0 Å². The van der Waals surface area contributed by atoms with E-state index in [0.29, 0.717) is 55.9 Å². The van der Waals surface area contributed by atoms with Crippen LogP contribution in [0.4, 0.5) is 11.4 Å². The number of carbonyl (C=O) groups is 1. The van der Waals surface area contributed by atoms with Gasteiger partial charge < -0.3 is 20.3 Å². The van der Waals surface area contributed by atoms with Crippen LogP contribution in [-0.2, 0) is 22.7 Å². The molecule has 1 fully saturated rings. The van der Waals surface area contributed by atoms with Crippen molar-refractivity contribution >= 4 is 65.3 Å². The van der Waals surface area contributed by atoms with Crippen molar-refractivity contribution in [2.75, 3.05) is 36.9 Å². The number of nitrogen functional groups attached to an aromatic ring is 1. The van der Waals surface area contributed by atoms with Crippen LogP contribution in [0.1, 0.15) is 17.5 Å². The van der Waals surface area contributed by atoms with E-state index in [-0.39, 0.29) is 36.9 Å². The molecule has 1 aliphatic rings. The van der Waals surface area contributed by atoms with Crippen molar-refractivity contribution < 1.29 is 9.53 Å². The molecule has 0 saturated carbocycles. The predicted octanol–water partition coefficient (Wildman–Crippen LogP) is 5.79. The maximum Gasteiger partial charge on any atom is 0.226 e. The van der Waals surface area contributed by atoms with Gasteiger partial charge in [0.15, 0.2) is 0 Å².